The first-order valence-corrected chi connectivity index (χ1v) is 7.64. The lowest BCUT2D eigenvalue weighted by Gasteiger charge is -2.14. The lowest BCUT2D eigenvalue weighted by Crippen LogP contribution is -2.19. The molecule has 0 bridgehead atoms. The lowest BCUT2D eigenvalue weighted by molar-refractivity contribution is 0.130. The summed E-state index contributed by atoms with van der Waals surface area (Å²) in [5.41, 5.74) is 2.51. The van der Waals surface area contributed by atoms with Crippen molar-refractivity contribution in [3.63, 3.8) is 0 Å². The molecule has 0 atom stereocenters. The van der Waals surface area contributed by atoms with E-state index in [-0.39, 0.29) is 0 Å². The molecule has 3 nitrogen and oxygen atoms in total. The van der Waals surface area contributed by atoms with Crippen LogP contribution in [0.5, 0.6) is 5.75 Å². The van der Waals surface area contributed by atoms with E-state index in [4.69, 9.17) is 9.47 Å². The van der Waals surface area contributed by atoms with Crippen molar-refractivity contribution in [2.45, 2.75) is 40.7 Å². The fourth-order valence-corrected chi connectivity index (χ4v) is 1.97. The van der Waals surface area contributed by atoms with E-state index in [2.05, 4.69) is 44.3 Å². The zero-order chi connectivity index (χ0) is 14.8. The Bertz CT molecular complexity index is 377. The summed E-state index contributed by atoms with van der Waals surface area (Å²) in [6.45, 7) is 12.7. The molecule has 0 aromatic heterocycles. The quantitative estimate of drug-likeness (QED) is 0.664. The molecule has 0 radical (unpaired) electrons. The molecule has 0 aliphatic carbocycles. The van der Waals surface area contributed by atoms with E-state index in [1.165, 1.54) is 11.1 Å². The molecule has 0 spiro atoms. The zero-order valence-electron chi connectivity index (χ0n) is 13.4. The number of ether oxygens (including phenoxy) is 2. The van der Waals surface area contributed by atoms with Crippen LogP contribution >= 0.6 is 0 Å². The highest BCUT2D eigenvalue weighted by Gasteiger charge is 2.04. The van der Waals surface area contributed by atoms with Crippen molar-refractivity contribution >= 4 is 0 Å². The average molecular weight is 279 g/mol. The van der Waals surface area contributed by atoms with Gasteiger partial charge in [-0.15, -0.1) is 0 Å². The Balaban J connectivity index is 2.47. The molecule has 0 heterocycles. The number of rotatable bonds is 10. The van der Waals surface area contributed by atoms with Crippen LogP contribution in [0.25, 0.3) is 0 Å². The van der Waals surface area contributed by atoms with E-state index in [1.54, 1.807) is 0 Å². The molecule has 3 heteroatoms. The van der Waals surface area contributed by atoms with E-state index in [1.807, 2.05) is 6.92 Å². The fourth-order valence-electron chi connectivity index (χ4n) is 1.97. The van der Waals surface area contributed by atoms with Gasteiger partial charge in [-0.05, 0) is 32.4 Å². The van der Waals surface area contributed by atoms with Gasteiger partial charge in [0.05, 0.1) is 6.61 Å². The van der Waals surface area contributed by atoms with Crippen LogP contribution in [0, 0.1) is 12.8 Å². The van der Waals surface area contributed by atoms with Crippen molar-refractivity contribution in [2.24, 2.45) is 5.92 Å². The van der Waals surface area contributed by atoms with Gasteiger partial charge in [0.2, 0.25) is 0 Å². The first-order chi connectivity index (χ1) is 9.63. The molecule has 0 saturated carbocycles. The summed E-state index contributed by atoms with van der Waals surface area (Å²) in [5.74, 6) is 1.65. The maximum Gasteiger partial charge on any atom is 0.123 e. The Hall–Kier alpha value is -1.06. The van der Waals surface area contributed by atoms with Crippen LogP contribution in [0.3, 0.4) is 0 Å². The van der Waals surface area contributed by atoms with Crippen molar-refractivity contribution < 1.29 is 9.47 Å². The van der Waals surface area contributed by atoms with E-state index in [9.17, 15) is 0 Å². The molecule has 0 unspecified atom stereocenters. The molecule has 1 N–H and O–H groups in total. The van der Waals surface area contributed by atoms with Crippen molar-refractivity contribution in [3.8, 4) is 5.75 Å². The summed E-state index contributed by atoms with van der Waals surface area (Å²) in [7, 11) is 0. The Labute approximate surface area is 123 Å². The van der Waals surface area contributed by atoms with Gasteiger partial charge in [-0.25, -0.2) is 0 Å². The van der Waals surface area contributed by atoms with Gasteiger partial charge in [0.25, 0.3) is 0 Å². The van der Waals surface area contributed by atoms with Gasteiger partial charge in [-0.3, -0.25) is 0 Å². The molecule has 114 valence electrons. The third-order valence-electron chi connectivity index (χ3n) is 2.98. The van der Waals surface area contributed by atoms with Crippen molar-refractivity contribution in [1.82, 2.24) is 5.32 Å². The summed E-state index contributed by atoms with van der Waals surface area (Å²) in [6.07, 6.45) is 0.931. The van der Waals surface area contributed by atoms with Gasteiger partial charge in [-0.2, -0.15) is 0 Å². The van der Waals surface area contributed by atoms with Gasteiger partial charge >= 0.3 is 0 Å². The van der Waals surface area contributed by atoms with Gasteiger partial charge in [0.1, 0.15) is 5.75 Å². The van der Waals surface area contributed by atoms with Crippen LogP contribution in [0.2, 0.25) is 0 Å². The highest BCUT2D eigenvalue weighted by molar-refractivity contribution is 5.36. The summed E-state index contributed by atoms with van der Waals surface area (Å²) in [6, 6.07) is 6.37. The minimum Gasteiger partial charge on any atom is -0.493 e. The number of benzene rings is 1. The second-order valence-corrected chi connectivity index (χ2v) is 5.53. The van der Waals surface area contributed by atoms with Crippen LogP contribution < -0.4 is 10.1 Å². The molecule has 0 saturated heterocycles. The van der Waals surface area contributed by atoms with Gasteiger partial charge in [0.15, 0.2) is 0 Å². The SMILES string of the molecule is CCOCCCOc1ccc(C)cc1CNCC(C)C. The minimum absolute atomic E-state index is 0.662. The first kappa shape index (κ1) is 17.0. The smallest absolute Gasteiger partial charge is 0.123 e. The standard InChI is InChI=1S/C17H29NO2/c1-5-19-9-6-10-20-17-8-7-15(4)11-16(17)13-18-12-14(2)3/h7-8,11,14,18H,5-6,9-10,12-13H2,1-4H3. The third-order valence-corrected chi connectivity index (χ3v) is 2.98. The van der Waals surface area contributed by atoms with Crippen LogP contribution in [-0.4, -0.2) is 26.4 Å². The van der Waals surface area contributed by atoms with Crippen LogP contribution in [-0.2, 0) is 11.3 Å². The molecule has 1 aromatic carbocycles. The minimum atomic E-state index is 0.662. The molecular formula is C17H29NO2. The van der Waals surface area contributed by atoms with Gasteiger partial charge in [-0.1, -0.05) is 31.5 Å². The highest BCUT2D eigenvalue weighted by Crippen LogP contribution is 2.20. The van der Waals surface area contributed by atoms with E-state index in [0.29, 0.717) is 12.5 Å². The molecule has 1 aromatic rings. The first-order valence-electron chi connectivity index (χ1n) is 7.64. The highest BCUT2D eigenvalue weighted by atomic mass is 16.5. The predicted octanol–water partition coefficient (Wildman–Crippen LogP) is 3.55. The second kappa shape index (κ2) is 9.78. The van der Waals surface area contributed by atoms with Crippen molar-refractivity contribution in [1.29, 1.82) is 0 Å². The average Bonchev–Trinajstić information content (AvgIpc) is 2.40. The van der Waals surface area contributed by atoms with Crippen molar-refractivity contribution in [2.75, 3.05) is 26.4 Å². The van der Waals surface area contributed by atoms with Crippen LogP contribution in [0.4, 0.5) is 0 Å². The normalized spacial score (nSPS) is 11.1. The molecule has 1 rings (SSSR count). The Morgan fingerprint density at radius 3 is 2.70 bits per heavy atom. The third kappa shape index (κ3) is 6.92. The summed E-state index contributed by atoms with van der Waals surface area (Å²) < 4.78 is 11.2. The molecular weight excluding hydrogens is 250 g/mol. The molecule has 0 aliphatic heterocycles. The predicted molar refractivity (Wildman–Crippen MR) is 84.3 cm³/mol. The summed E-state index contributed by atoms with van der Waals surface area (Å²) in [5, 5.41) is 3.47. The van der Waals surface area contributed by atoms with Gasteiger partial charge < -0.3 is 14.8 Å². The summed E-state index contributed by atoms with van der Waals surface area (Å²) >= 11 is 0. The van der Waals surface area contributed by atoms with Gasteiger partial charge in [0, 0.05) is 31.7 Å². The summed E-state index contributed by atoms with van der Waals surface area (Å²) in [4.78, 5) is 0. The van der Waals surface area contributed by atoms with E-state index in [0.717, 1.165) is 38.5 Å². The zero-order valence-corrected chi connectivity index (χ0v) is 13.4. The Kier molecular flexibility index (Phi) is 8.31. The topological polar surface area (TPSA) is 30.5 Å². The number of aryl methyl sites for hydroxylation is 1. The van der Waals surface area contributed by atoms with E-state index >= 15 is 0 Å². The number of nitrogens with one attached hydrogen (secondary N) is 1. The molecule has 20 heavy (non-hydrogen) atoms. The Morgan fingerprint density at radius 2 is 2.00 bits per heavy atom. The molecule has 0 fully saturated rings. The largest absolute Gasteiger partial charge is 0.493 e. The Morgan fingerprint density at radius 1 is 1.20 bits per heavy atom. The number of hydrogen-bond donors (Lipinski definition) is 1. The maximum absolute atomic E-state index is 5.88. The van der Waals surface area contributed by atoms with Crippen LogP contribution in [0.15, 0.2) is 18.2 Å². The second-order valence-electron chi connectivity index (χ2n) is 5.53. The van der Waals surface area contributed by atoms with E-state index < -0.39 is 0 Å². The fraction of sp³-hybridized carbons (Fsp3) is 0.647. The lowest BCUT2D eigenvalue weighted by atomic mass is 10.1. The number of hydrogen-bond acceptors (Lipinski definition) is 3. The molecule has 0 amide bonds. The monoisotopic (exact) mass is 279 g/mol. The molecule has 0 aliphatic rings. The van der Waals surface area contributed by atoms with Crippen molar-refractivity contribution in [3.05, 3.63) is 29.3 Å². The maximum atomic E-state index is 5.88. The van der Waals surface area contributed by atoms with Crippen LogP contribution in [0.1, 0.15) is 38.3 Å².